The highest BCUT2D eigenvalue weighted by molar-refractivity contribution is 7.25. The third-order valence-electron chi connectivity index (χ3n) is 7.11. The lowest BCUT2D eigenvalue weighted by molar-refractivity contribution is -0.143. The smallest absolute Gasteiger partial charge is 0.408 e. The third kappa shape index (κ3) is 8.20. The van der Waals surface area contributed by atoms with E-state index < -0.39 is 49.8 Å². The van der Waals surface area contributed by atoms with E-state index in [1.165, 1.54) is 18.3 Å². The van der Waals surface area contributed by atoms with Crippen molar-refractivity contribution < 1.29 is 33.9 Å². The van der Waals surface area contributed by atoms with Crippen molar-refractivity contribution in [1.82, 2.24) is 10.6 Å². The molecule has 4 N–H and O–H groups in total. The molecule has 0 bridgehead atoms. The Morgan fingerprint density at radius 1 is 0.884 bits per heavy atom. The summed E-state index contributed by atoms with van der Waals surface area (Å²) in [5, 5.41) is 27.7. The van der Waals surface area contributed by atoms with Crippen molar-refractivity contribution in [3.05, 3.63) is 118 Å². The lowest BCUT2D eigenvalue weighted by atomic mass is 9.85. The van der Waals surface area contributed by atoms with Crippen LogP contribution in [0.3, 0.4) is 0 Å². The molecule has 4 rings (SSSR count). The van der Waals surface area contributed by atoms with Crippen LogP contribution in [0.5, 0.6) is 0 Å². The Labute approximate surface area is 254 Å². The third-order valence-corrected chi connectivity index (χ3v) is 8.92. The highest BCUT2D eigenvalue weighted by Gasteiger charge is 2.49. The number of aliphatic carboxylic acids is 1. The first-order chi connectivity index (χ1) is 20.7. The standard InChI is InChI=1S/C32H33N2O7PS/c1-21(30(36)37)33-29(35)27(18-22-12-14-25(15-13-22)24-10-6-3-7-11-24)32(39,42-40)28(26-16-17-43-20-26)34-31(38)41-19-23-8-4-2-5-9-23/h2-17,20-21,27-28,39H,18-19,42H2,1H3,(H,33,35)(H,34,38)(H,36,37). The molecule has 0 spiro atoms. The number of alkyl carbamates (subject to hydrolysis) is 1. The van der Waals surface area contributed by atoms with Crippen molar-refractivity contribution in [1.29, 1.82) is 0 Å². The van der Waals surface area contributed by atoms with Gasteiger partial charge in [-0.1, -0.05) is 84.9 Å². The fourth-order valence-corrected chi connectivity index (χ4v) is 6.21. The summed E-state index contributed by atoms with van der Waals surface area (Å²) >= 11 is 1.30. The van der Waals surface area contributed by atoms with E-state index in [2.05, 4.69) is 10.6 Å². The number of carboxylic acid groups (broad SMARTS) is 1. The zero-order chi connectivity index (χ0) is 30.8. The Hall–Kier alpha value is -4.24. The average molecular weight is 621 g/mol. The molecule has 5 atom stereocenters. The molecule has 1 heterocycles. The Bertz CT molecular complexity index is 1520. The Morgan fingerprint density at radius 3 is 2.09 bits per heavy atom. The van der Waals surface area contributed by atoms with Gasteiger partial charge in [0.25, 0.3) is 0 Å². The number of carbonyl (C=O) groups is 3. The minimum atomic E-state index is -2.28. The van der Waals surface area contributed by atoms with Crippen molar-refractivity contribution in [3.63, 3.8) is 0 Å². The van der Waals surface area contributed by atoms with Crippen LogP contribution in [0.1, 0.15) is 29.7 Å². The number of ether oxygens (including phenoxy) is 1. The lowest BCUT2D eigenvalue weighted by Gasteiger charge is -2.38. The highest BCUT2D eigenvalue weighted by atomic mass is 32.1. The van der Waals surface area contributed by atoms with Gasteiger partial charge in [-0.25, -0.2) is 4.79 Å². The summed E-state index contributed by atoms with van der Waals surface area (Å²) in [4.78, 5) is 38.1. The SMILES string of the molecule is CC(NC(=O)C(Cc1ccc(-c2ccccc2)cc1)C(O)([PH2]=O)C(NC(=O)OCc1ccccc1)c1ccsc1)C(=O)O. The predicted octanol–water partition coefficient (Wildman–Crippen LogP) is 5.28. The maximum Gasteiger partial charge on any atom is 0.408 e. The number of aliphatic hydroxyl groups is 1. The lowest BCUT2D eigenvalue weighted by Crippen LogP contribution is -2.54. The van der Waals surface area contributed by atoms with Gasteiger partial charge < -0.3 is 30.1 Å². The van der Waals surface area contributed by atoms with Gasteiger partial charge in [0, 0.05) is 0 Å². The Kier molecular flexibility index (Phi) is 10.9. The molecule has 11 heteroatoms. The van der Waals surface area contributed by atoms with Crippen LogP contribution in [-0.4, -0.2) is 39.6 Å². The molecule has 0 saturated carbocycles. The number of amides is 2. The average Bonchev–Trinajstić information content (AvgIpc) is 3.57. The van der Waals surface area contributed by atoms with E-state index in [4.69, 9.17) is 4.74 Å². The van der Waals surface area contributed by atoms with Crippen LogP contribution >= 0.6 is 19.8 Å². The van der Waals surface area contributed by atoms with Crippen molar-refractivity contribution >= 4 is 37.8 Å². The summed E-state index contributed by atoms with van der Waals surface area (Å²) in [6, 6.07) is 25.1. The molecule has 3 aromatic carbocycles. The summed E-state index contributed by atoms with van der Waals surface area (Å²) in [7, 11) is -2.10. The Balaban J connectivity index is 1.66. The van der Waals surface area contributed by atoms with Crippen LogP contribution < -0.4 is 10.6 Å². The second-order valence-electron chi connectivity index (χ2n) is 10.1. The topological polar surface area (TPSA) is 142 Å². The number of hydrogen-bond acceptors (Lipinski definition) is 7. The van der Waals surface area contributed by atoms with Crippen LogP contribution in [0.2, 0.25) is 0 Å². The van der Waals surface area contributed by atoms with E-state index in [0.29, 0.717) is 11.1 Å². The van der Waals surface area contributed by atoms with Crippen molar-refractivity contribution in [2.45, 2.75) is 37.4 Å². The molecular weight excluding hydrogens is 587 g/mol. The van der Waals surface area contributed by atoms with Gasteiger partial charge in [0.2, 0.25) is 5.91 Å². The fourth-order valence-electron chi connectivity index (χ4n) is 4.68. The van der Waals surface area contributed by atoms with Gasteiger partial charge in [-0.2, -0.15) is 11.3 Å². The van der Waals surface area contributed by atoms with Gasteiger partial charge in [-0.05, 0) is 58.0 Å². The number of hydrogen-bond donors (Lipinski definition) is 4. The van der Waals surface area contributed by atoms with E-state index >= 15 is 0 Å². The molecule has 0 aliphatic carbocycles. The highest BCUT2D eigenvalue weighted by Crippen LogP contribution is 2.43. The van der Waals surface area contributed by atoms with Gasteiger partial charge in [0.15, 0.2) is 0 Å². The molecule has 9 nitrogen and oxygen atoms in total. The minimum Gasteiger partial charge on any atom is -0.480 e. The number of carboxylic acids is 1. The first-order valence-electron chi connectivity index (χ1n) is 13.6. The first-order valence-corrected chi connectivity index (χ1v) is 15.6. The normalized spacial score (nSPS) is 14.7. The number of benzene rings is 3. The van der Waals surface area contributed by atoms with Crippen molar-refractivity contribution in [2.75, 3.05) is 0 Å². The zero-order valence-electron chi connectivity index (χ0n) is 23.4. The molecule has 43 heavy (non-hydrogen) atoms. The monoisotopic (exact) mass is 620 g/mol. The van der Waals surface area contributed by atoms with Gasteiger partial charge in [0.1, 0.15) is 18.0 Å². The molecule has 0 saturated heterocycles. The maximum atomic E-state index is 13.6. The quantitative estimate of drug-likeness (QED) is 0.149. The van der Waals surface area contributed by atoms with Crippen LogP contribution in [0.25, 0.3) is 11.1 Å². The zero-order valence-corrected chi connectivity index (χ0v) is 25.4. The first kappa shape index (κ1) is 31.7. The van der Waals surface area contributed by atoms with Crippen molar-refractivity contribution in [2.24, 2.45) is 5.92 Å². The number of thiophene rings is 1. The van der Waals surface area contributed by atoms with Gasteiger partial charge in [-0.15, -0.1) is 0 Å². The van der Waals surface area contributed by atoms with E-state index in [0.717, 1.165) is 16.7 Å². The number of rotatable bonds is 13. The molecule has 5 unspecified atom stereocenters. The van der Waals surface area contributed by atoms with Gasteiger partial charge >= 0.3 is 12.1 Å². The second kappa shape index (κ2) is 14.8. The van der Waals surface area contributed by atoms with Crippen molar-refractivity contribution in [3.8, 4) is 11.1 Å². The van der Waals surface area contributed by atoms with Crippen LogP contribution in [0, 0.1) is 5.92 Å². The van der Waals surface area contributed by atoms with Gasteiger partial charge in [0.05, 0.1) is 20.4 Å². The minimum absolute atomic E-state index is 0.0422. The summed E-state index contributed by atoms with van der Waals surface area (Å²) < 4.78 is 18.4. The van der Waals surface area contributed by atoms with Crippen LogP contribution in [0.4, 0.5) is 4.79 Å². The predicted molar refractivity (Wildman–Crippen MR) is 166 cm³/mol. The molecule has 0 fully saturated rings. The molecular formula is C32H33N2O7PS. The van der Waals surface area contributed by atoms with Crippen LogP contribution in [0.15, 0.2) is 102 Å². The molecule has 0 aliphatic heterocycles. The molecule has 2 amide bonds. The summed E-state index contributed by atoms with van der Waals surface area (Å²) in [6.07, 6.45) is -0.961. The van der Waals surface area contributed by atoms with Crippen LogP contribution in [-0.2, 0) is 31.9 Å². The second-order valence-corrected chi connectivity index (χ2v) is 12.0. The molecule has 224 valence electrons. The van der Waals surface area contributed by atoms with E-state index in [9.17, 15) is 29.2 Å². The molecule has 0 radical (unpaired) electrons. The van der Waals surface area contributed by atoms with E-state index in [1.54, 1.807) is 53.2 Å². The number of nitrogens with one attached hydrogen (secondary N) is 2. The summed E-state index contributed by atoms with van der Waals surface area (Å²) in [6.45, 7) is 1.25. The Morgan fingerprint density at radius 2 is 1.51 bits per heavy atom. The fraction of sp³-hybridized carbons (Fsp3) is 0.219. The largest absolute Gasteiger partial charge is 0.480 e. The summed E-state index contributed by atoms with van der Waals surface area (Å²) in [5.74, 6) is -3.48. The van der Waals surface area contributed by atoms with Gasteiger partial charge in [-0.3, -0.25) is 9.59 Å². The molecule has 0 aliphatic rings. The summed E-state index contributed by atoms with van der Waals surface area (Å²) in [5.41, 5.74) is 3.75. The molecule has 1 aromatic heterocycles. The van der Waals surface area contributed by atoms with E-state index in [1.807, 2.05) is 48.5 Å². The maximum absolute atomic E-state index is 13.6. The number of carbonyl (C=O) groups excluding carboxylic acids is 2. The van der Waals surface area contributed by atoms with E-state index in [-0.39, 0.29) is 13.0 Å². The molecule has 4 aromatic rings.